The third-order valence-corrected chi connectivity index (χ3v) is 3.26. The Morgan fingerprint density at radius 1 is 1.33 bits per heavy atom. The van der Waals surface area contributed by atoms with Crippen molar-refractivity contribution in [2.75, 3.05) is 13.1 Å². The van der Waals surface area contributed by atoms with Crippen LogP contribution in [0.1, 0.15) is 47.5 Å². The number of carbonyl (C=O) groups is 1. The van der Waals surface area contributed by atoms with Crippen LogP contribution in [0.5, 0.6) is 0 Å². The lowest BCUT2D eigenvalue weighted by Gasteiger charge is -2.39. The molecule has 1 fully saturated rings. The molecule has 1 heterocycles. The van der Waals surface area contributed by atoms with Crippen LogP contribution in [0.2, 0.25) is 0 Å². The van der Waals surface area contributed by atoms with Crippen LogP contribution in [0.4, 0.5) is 0 Å². The summed E-state index contributed by atoms with van der Waals surface area (Å²) >= 11 is 0. The van der Waals surface area contributed by atoms with Gasteiger partial charge in [-0.3, -0.25) is 4.79 Å². The van der Waals surface area contributed by atoms with Gasteiger partial charge in [-0.1, -0.05) is 6.92 Å². The average Bonchev–Trinajstić information content (AvgIpc) is 2.17. The maximum absolute atomic E-state index is 12.3. The lowest BCUT2D eigenvalue weighted by molar-refractivity contribution is -0.140. The van der Waals surface area contributed by atoms with E-state index in [9.17, 15) is 4.79 Å². The van der Waals surface area contributed by atoms with Gasteiger partial charge in [-0.25, -0.2) is 0 Å². The Morgan fingerprint density at radius 3 is 2.47 bits per heavy atom. The second-order valence-corrected chi connectivity index (χ2v) is 5.57. The van der Waals surface area contributed by atoms with E-state index >= 15 is 0 Å². The standard InChI is InChI=1S/C12H24N2O/c1-6-9-14-10(15)12(4,5)13-8-7-11(14,2)3/h13H,6-9H2,1-5H3. The lowest BCUT2D eigenvalue weighted by atomic mass is 9.97. The van der Waals surface area contributed by atoms with Gasteiger partial charge in [0.2, 0.25) is 5.91 Å². The molecule has 1 N–H and O–H groups in total. The fourth-order valence-electron chi connectivity index (χ4n) is 2.13. The predicted octanol–water partition coefficient (Wildman–Crippen LogP) is 1.78. The zero-order valence-corrected chi connectivity index (χ0v) is 10.7. The van der Waals surface area contributed by atoms with Crippen molar-refractivity contribution in [1.82, 2.24) is 10.2 Å². The van der Waals surface area contributed by atoms with Crippen LogP contribution in [0.15, 0.2) is 0 Å². The fourth-order valence-corrected chi connectivity index (χ4v) is 2.13. The summed E-state index contributed by atoms with van der Waals surface area (Å²) < 4.78 is 0. The summed E-state index contributed by atoms with van der Waals surface area (Å²) in [5.74, 6) is 0.229. The molecule has 1 aliphatic rings. The van der Waals surface area contributed by atoms with E-state index in [0.717, 1.165) is 25.9 Å². The van der Waals surface area contributed by atoms with E-state index in [1.54, 1.807) is 0 Å². The minimum absolute atomic E-state index is 0.0200. The molecule has 88 valence electrons. The molecule has 0 unspecified atom stereocenters. The van der Waals surface area contributed by atoms with Crippen LogP contribution in [0.3, 0.4) is 0 Å². The van der Waals surface area contributed by atoms with E-state index < -0.39 is 5.54 Å². The summed E-state index contributed by atoms with van der Waals surface area (Å²) in [6.07, 6.45) is 2.04. The van der Waals surface area contributed by atoms with Gasteiger partial charge < -0.3 is 10.2 Å². The van der Waals surface area contributed by atoms with Crippen LogP contribution < -0.4 is 5.32 Å². The van der Waals surface area contributed by atoms with E-state index in [2.05, 4.69) is 26.1 Å². The highest BCUT2D eigenvalue weighted by molar-refractivity contribution is 5.86. The van der Waals surface area contributed by atoms with E-state index in [1.165, 1.54) is 0 Å². The molecule has 1 aliphatic heterocycles. The Kier molecular flexibility index (Phi) is 3.44. The first-order valence-electron chi connectivity index (χ1n) is 5.88. The van der Waals surface area contributed by atoms with Crippen LogP contribution in [0, 0.1) is 0 Å². The van der Waals surface area contributed by atoms with Gasteiger partial charge in [0.05, 0.1) is 5.54 Å². The van der Waals surface area contributed by atoms with Gasteiger partial charge in [0, 0.05) is 12.1 Å². The second kappa shape index (κ2) is 4.12. The molecule has 1 rings (SSSR count). The van der Waals surface area contributed by atoms with E-state index in [-0.39, 0.29) is 11.4 Å². The smallest absolute Gasteiger partial charge is 0.242 e. The first kappa shape index (κ1) is 12.5. The van der Waals surface area contributed by atoms with Crippen LogP contribution >= 0.6 is 0 Å². The summed E-state index contributed by atoms with van der Waals surface area (Å²) in [5.41, 5.74) is -0.434. The number of nitrogens with one attached hydrogen (secondary N) is 1. The van der Waals surface area contributed by atoms with Crippen molar-refractivity contribution in [3.63, 3.8) is 0 Å². The lowest BCUT2D eigenvalue weighted by Crippen LogP contribution is -2.55. The number of hydrogen-bond donors (Lipinski definition) is 1. The molecule has 0 aromatic heterocycles. The van der Waals surface area contributed by atoms with Gasteiger partial charge in [0.1, 0.15) is 0 Å². The molecule has 3 nitrogen and oxygen atoms in total. The molecule has 0 radical (unpaired) electrons. The van der Waals surface area contributed by atoms with Crippen molar-refractivity contribution < 1.29 is 4.79 Å². The van der Waals surface area contributed by atoms with Gasteiger partial charge in [0.15, 0.2) is 0 Å². The van der Waals surface area contributed by atoms with Crippen molar-refractivity contribution in [2.45, 2.75) is 58.5 Å². The quantitative estimate of drug-likeness (QED) is 0.756. The first-order valence-corrected chi connectivity index (χ1v) is 5.88. The molecule has 0 spiro atoms. The van der Waals surface area contributed by atoms with Crippen LogP contribution in [-0.4, -0.2) is 35.0 Å². The second-order valence-electron chi connectivity index (χ2n) is 5.57. The molecule has 15 heavy (non-hydrogen) atoms. The zero-order valence-electron chi connectivity index (χ0n) is 10.7. The molecule has 1 amide bonds. The molecular weight excluding hydrogens is 188 g/mol. The van der Waals surface area contributed by atoms with E-state index in [1.807, 2.05) is 18.7 Å². The van der Waals surface area contributed by atoms with E-state index in [4.69, 9.17) is 0 Å². The number of amides is 1. The number of hydrogen-bond acceptors (Lipinski definition) is 2. The fraction of sp³-hybridized carbons (Fsp3) is 0.917. The Morgan fingerprint density at radius 2 is 1.93 bits per heavy atom. The molecule has 0 aromatic rings. The molecule has 3 heteroatoms. The van der Waals surface area contributed by atoms with Crippen molar-refractivity contribution in [2.24, 2.45) is 0 Å². The van der Waals surface area contributed by atoms with Crippen molar-refractivity contribution in [3.05, 3.63) is 0 Å². The van der Waals surface area contributed by atoms with Gasteiger partial charge in [-0.2, -0.15) is 0 Å². The molecule has 0 aromatic carbocycles. The van der Waals surface area contributed by atoms with Gasteiger partial charge in [0.25, 0.3) is 0 Å². The maximum atomic E-state index is 12.3. The Bertz CT molecular complexity index is 246. The Hall–Kier alpha value is -0.570. The number of nitrogens with zero attached hydrogens (tertiary/aromatic N) is 1. The third kappa shape index (κ3) is 2.51. The minimum atomic E-state index is -0.414. The predicted molar refractivity (Wildman–Crippen MR) is 62.8 cm³/mol. The minimum Gasteiger partial charge on any atom is -0.336 e. The van der Waals surface area contributed by atoms with Gasteiger partial charge in [-0.05, 0) is 47.1 Å². The molecule has 0 atom stereocenters. The normalized spacial score (nSPS) is 25.1. The molecule has 0 saturated carbocycles. The highest BCUT2D eigenvalue weighted by Gasteiger charge is 2.41. The topological polar surface area (TPSA) is 32.3 Å². The Labute approximate surface area is 93.2 Å². The highest BCUT2D eigenvalue weighted by atomic mass is 16.2. The molecule has 0 aliphatic carbocycles. The molecule has 0 bridgehead atoms. The molecule has 1 saturated heterocycles. The van der Waals surface area contributed by atoms with Crippen LogP contribution in [-0.2, 0) is 4.79 Å². The summed E-state index contributed by atoms with van der Waals surface area (Å²) in [5, 5.41) is 3.32. The number of rotatable bonds is 2. The Balaban J connectivity index is 2.96. The molecular formula is C12H24N2O. The monoisotopic (exact) mass is 212 g/mol. The summed E-state index contributed by atoms with van der Waals surface area (Å²) in [6.45, 7) is 12.1. The SMILES string of the molecule is CCCN1C(=O)C(C)(C)NCCC1(C)C. The van der Waals surface area contributed by atoms with Gasteiger partial charge >= 0.3 is 0 Å². The number of carbonyl (C=O) groups excluding carboxylic acids is 1. The van der Waals surface area contributed by atoms with Crippen molar-refractivity contribution in [3.8, 4) is 0 Å². The van der Waals surface area contributed by atoms with Crippen molar-refractivity contribution in [1.29, 1.82) is 0 Å². The summed E-state index contributed by atoms with van der Waals surface area (Å²) in [7, 11) is 0. The third-order valence-electron chi connectivity index (χ3n) is 3.26. The first-order chi connectivity index (χ1) is 6.81. The summed E-state index contributed by atoms with van der Waals surface area (Å²) in [4.78, 5) is 14.4. The average molecular weight is 212 g/mol. The largest absolute Gasteiger partial charge is 0.336 e. The summed E-state index contributed by atoms with van der Waals surface area (Å²) in [6, 6.07) is 0. The highest BCUT2D eigenvalue weighted by Crippen LogP contribution is 2.25. The van der Waals surface area contributed by atoms with Crippen LogP contribution in [0.25, 0.3) is 0 Å². The zero-order chi connectivity index (χ0) is 11.7. The van der Waals surface area contributed by atoms with Gasteiger partial charge in [-0.15, -0.1) is 0 Å². The van der Waals surface area contributed by atoms with E-state index in [0.29, 0.717) is 0 Å². The van der Waals surface area contributed by atoms with Crippen molar-refractivity contribution >= 4 is 5.91 Å². The maximum Gasteiger partial charge on any atom is 0.242 e.